The summed E-state index contributed by atoms with van der Waals surface area (Å²) in [5, 5.41) is 0. The van der Waals surface area contributed by atoms with Crippen LogP contribution in [0.1, 0.15) is 0 Å². The fourth-order valence-electron chi connectivity index (χ4n) is 0.609. The standard InChI is InChI=1S/C5H15O10P3/c1-9-16(6,10-2)14-18(8,13-5)15-17(7,11-3)12-4/h1-5H3. The van der Waals surface area contributed by atoms with E-state index in [1.807, 2.05) is 0 Å². The maximum Gasteiger partial charge on any atom is 0.492 e. The molecule has 0 radical (unpaired) electrons. The van der Waals surface area contributed by atoms with E-state index in [-0.39, 0.29) is 0 Å². The van der Waals surface area contributed by atoms with Crippen molar-refractivity contribution in [2.45, 2.75) is 0 Å². The number of hydrogen-bond acceptors (Lipinski definition) is 10. The summed E-state index contributed by atoms with van der Waals surface area (Å²) in [7, 11) is -8.04. The molecule has 0 aromatic rings. The van der Waals surface area contributed by atoms with E-state index in [0.717, 1.165) is 35.5 Å². The van der Waals surface area contributed by atoms with Gasteiger partial charge in [0, 0.05) is 35.5 Å². The minimum absolute atomic E-state index is 0.909. The lowest BCUT2D eigenvalue weighted by Crippen LogP contribution is -2.00. The first-order chi connectivity index (χ1) is 8.22. The Hall–Kier alpha value is 0.410. The molecule has 0 heterocycles. The predicted molar refractivity (Wildman–Crippen MR) is 60.0 cm³/mol. The zero-order valence-corrected chi connectivity index (χ0v) is 13.1. The van der Waals surface area contributed by atoms with Crippen LogP contribution in [0, 0.1) is 0 Å². The molecule has 0 aromatic carbocycles. The van der Waals surface area contributed by atoms with Gasteiger partial charge in [-0.3, -0.25) is 22.6 Å². The first kappa shape index (κ1) is 18.4. The normalized spacial score (nSPS) is 13.8. The fourth-order valence-corrected chi connectivity index (χ4v) is 4.85. The van der Waals surface area contributed by atoms with Crippen molar-refractivity contribution >= 4 is 23.5 Å². The highest BCUT2D eigenvalue weighted by Crippen LogP contribution is 2.71. The van der Waals surface area contributed by atoms with Crippen LogP contribution in [0.2, 0.25) is 0 Å². The van der Waals surface area contributed by atoms with Crippen LogP contribution in [-0.2, 0) is 44.9 Å². The van der Waals surface area contributed by atoms with Gasteiger partial charge in [-0.1, -0.05) is 0 Å². The topological polar surface area (TPSA) is 116 Å². The summed E-state index contributed by atoms with van der Waals surface area (Å²) in [6.45, 7) is 0. The van der Waals surface area contributed by atoms with E-state index >= 15 is 0 Å². The molecule has 0 atom stereocenters. The largest absolute Gasteiger partial charge is 0.492 e. The first-order valence-electron chi connectivity index (χ1n) is 4.23. The van der Waals surface area contributed by atoms with Crippen LogP contribution >= 0.6 is 23.5 Å². The summed E-state index contributed by atoms with van der Waals surface area (Å²) in [6, 6.07) is 0. The number of rotatable bonds is 9. The molecule has 0 aromatic heterocycles. The highest BCUT2D eigenvalue weighted by atomic mass is 31.3. The molecular weight excluding hydrogens is 313 g/mol. The van der Waals surface area contributed by atoms with Crippen molar-refractivity contribution in [3.63, 3.8) is 0 Å². The van der Waals surface area contributed by atoms with Crippen molar-refractivity contribution in [3.05, 3.63) is 0 Å². The Balaban J connectivity index is 5.10. The van der Waals surface area contributed by atoms with E-state index in [1.165, 1.54) is 0 Å². The molecule has 0 N–H and O–H groups in total. The third kappa shape index (κ3) is 5.19. The van der Waals surface area contributed by atoms with Gasteiger partial charge < -0.3 is 0 Å². The molecule has 110 valence electrons. The Labute approximate surface area is 105 Å². The van der Waals surface area contributed by atoms with Gasteiger partial charge in [-0.05, 0) is 0 Å². The zero-order chi connectivity index (χ0) is 14.4. The average Bonchev–Trinajstić information content (AvgIpc) is 2.38. The lowest BCUT2D eigenvalue weighted by atomic mass is 11.8. The van der Waals surface area contributed by atoms with Gasteiger partial charge in [-0.2, -0.15) is 8.62 Å². The second kappa shape index (κ2) is 7.26. The molecule has 13 heteroatoms. The van der Waals surface area contributed by atoms with Crippen molar-refractivity contribution in [1.29, 1.82) is 0 Å². The molecule has 0 unspecified atom stereocenters. The maximum absolute atomic E-state index is 11.9. The van der Waals surface area contributed by atoms with E-state index in [4.69, 9.17) is 0 Å². The molecule has 0 rings (SSSR count). The van der Waals surface area contributed by atoms with Gasteiger partial charge in [-0.25, -0.2) is 13.7 Å². The predicted octanol–water partition coefficient (Wildman–Crippen LogP) is 2.58. The summed E-state index contributed by atoms with van der Waals surface area (Å²) in [6.07, 6.45) is 0. The van der Waals surface area contributed by atoms with Crippen molar-refractivity contribution in [1.82, 2.24) is 0 Å². The molecule has 18 heavy (non-hydrogen) atoms. The second-order valence-electron chi connectivity index (χ2n) is 2.42. The zero-order valence-electron chi connectivity index (χ0n) is 10.4. The molecule has 0 saturated carbocycles. The van der Waals surface area contributed by atoms with E-state index in [0.29, 0.717) is 0 Å². The lowest BCUT2D eigenvalue weighted by molar-refractivity contribution is 0.150. The van der Waals surface area contributed by atoms with Gasteiger partial charge in [0.25, 0.3) is 0 Å². The van der Waals surface area contributed by atoms with E-state index in [9.17, 15) is 13.7 Å². The molecule has 0 saturated heterocycles. The minimum atomic E-state index is -4.54. The van der Waals surface area contributed by atoms with Gasteiger partial charge in [0.2, 0.25) is 0 Å². The van der Waals surface area contributed by atoms with E-state index < -0.39 is 23.5 Å². The van der Waals surface area contributed by atoms with Crippen molar-refractivity contribution in [2.75, 3.05) is 35.5 Å². The summed E-state index contributed by atoms with van der Waals surface area (Å²) >= 11 is 0. The molecule has 0 aliphatic heterocycles. The van der Waals surface area contributed by atoms with Crippen molar-refractivity contribution < 1.29 is 44.9 Å². The molecule has 0 aliphatic carbocycles. The molecule has 0 aliphatic rings. The molecule has 0 spiro atoms. The van der Waals surface area contributed by atoms with Crippen molar-refractivity contribution in [3.8, 4) is 0 Å². The van der Waals surface area contributed by atoms with Gasteiger partial charge in [0.15, 0.2) is 0 Å². The third-order valence-corrected chi connectivity index (χ3v) is 6.95. The third-order valence-electron chi connectivity index (χ3n) is 1.52. The molecular formula is C5H15O10P3. The van der Waals surface area contributed by atoms with Crippen LogP contribution in [-0.4, -0.2) is 35.5 Å². The SMILES string of the molecule is COP(=O)(OC)OP(=O)(OC)OP(=O)(OC)OC. The summed E-state index contributed by atoms with van der Waals surface area (Å²) in [5.74, 6) is 0. The molecule has 10 nitrogen and oxygen atoms in total. The molecule has 0 amide bonds. The number of phosphoric ester groups is 2. The second-order valence-corrected chi connectivity index (χ2v) is 8.23. The van der Waals surface area contributed by atoms with Crippen molar-refractivity contribution in [2.24, 2.45) is 0 Å². The van der Waals surface area contributed by atoms with Crippen LogP contribution in [0.4, 0.5) is 0 Å². The lowest BCUT2D eigenvalue weighted by Gasteiger charge is -2.21. The number of phosphoric acid groups is 3. The smallest absolute Gasteiger partial charge is 0.290 e. The molecule has 0 fully saturated rings. The monoisotopic (exact) mass is 328 g/mol. The van der Waals surface area contributed by atoms with E-state index in [2.05, 4.69) is 31.2 Å². The first-order valence-corrected chi connectivity index (χ1v) is 8.61. The quantitative estimate of drug-likeness (QED) is 0.584. The number of hydrogen-bond donors (Lipinski definition) is 0. The summed E-state index contributed by atoms with van der Waals surface area (Å²) in [4.78, 5) is 0. The minimum Gasteiger partial charge on any atom is -0.290 e. The highest BCUT2D eigenvalue weighted by molar-refractivity contribution is 7.67. The van der Waals surface area contributed by atoms with Gasteiger partial charge in [0.05, 0.1) is 0 Å². The van der Waals surface area contributed by atoms with Crippen LogP contribution < -0.4 is 0 Å². The fraction of sp³-hybridized carbons (Fsp3) is 1.00. The Morgan fingerprint density at radius 2 is 0.722 bits per heavy atom. The van der Waals surface area contributed by atoms with E-state index in [1.54, 1.807) is 0 Å². The highest BCUT2D eigenvalue weighted by Gasteiger charge is 2.45. The average molecular weight is 328 g/mol. The molecule has 0 bridgehead atoms. The van der Waals surface area contributed by atoms with Crippen LogP contribution in [0.15, 0.2) is 0 Å². The maximum atomic E-state index is 11.9. The Morgan fingerprint density at radius 3 is 0.889 bits per heavy atom. The summed E-state index contributed by atoms with van der Waals surface area (Å²) in [5.41, 5.74) is 0. The van der Waals surface area contributed by atoms with Crippen LogP contribution in [0.5, 0.6) is 0 Å². The Bertz CT molecular complexity index is 345. The Kier molecular flexibility index (Phi) is 7.43. The van der Waals surface area contributed by atoms with Gasteiger partial charge >= 0.3 is 23.5 Å². The van der Waals surface area contributed by atoms with Crippen LogP contribution in [0.25, 0.3) is 0 Å². The van der Waals surface area contributed by atoms with Gasteiger partial charge in [0.1, 0.15) is 0 Å². The van der Waals surface area contributed by atoms with Crippen LogP contribution in [0.3, 0.4) is 0 Å². The van der Waals surface area contributed by atoms with Gasteiger partial charge in [-0.15, -0.1) is 0 Å². The Morgan fingerprint density at radius 1 is 0.500 bits per heavy atom. The summed E-state index contributed by atoms with van der Waals surface area (Å²) < 4.78 is 66.0.